The molecule has 0 radical (unpaired) electrons. The Bertz CT molecular complexity index is 749. The van der Waals surface area contributed by atoms with Crippen LogP contribution in [0.2, 0.25) is 0 Å². The standard InChI is InChI=1S/C43H82O6/c1-6-7-8-9-10-12-18-23-28-33-41(44)47-36-40(37-48-42(45)34-29-24-20-15-17-22-27-32-39(4)5)49-43(46)35-30-25-19-14-11-13-16-21-26-31-38(2)3/h38-40H,6-37H2,1-5H3/t40-/m0/s1. The molecular weight excluding hydrogens is 612 g/mol. The molecule has 49 heavy (non-hydrogen) atoms. The fourth-order valence-electron chi connectivity index (χ4n) is 6.22. The number of unbranched alkanes of at least 4 members (excludes halogenated alkanes) is 22. The van der Waals surface area contributed by atoms with E-state index in [1.54, 1.807) is 0 Å². The van der Waals surface area contributed by atoms with Gasteiger partial charge >= 0.3 is 17.9 Å². The van der Waals surface area contributed by atoms with Crippen LogP contribution in [0, 0.1) is 11.8 Å². The zero-order valence-corrected chi connectivity index (χ0v) is 33.3. The lowest BCUT2D eigenvalue weighted by atomic mass is 10.0. The molecule has 0 aromatic rings. The molecule has 0 saturated carbocycles. The number of ether oxygens (including phenoxy) is 3. The number of carbonyl (C=O) groups is 3. The molecule has 0 saturated heterocycles. The Morgan fingerprint density at radius 2 is 0.673 bits per heavy atom. The lowest BCUT2D eigenvalue weighted by Crippen LogP contribution is -2.30. The van der Waals surface area contributed by atoms with Crippen molar-refractivity contribution in [2.24, 2.45) is 11.8 Å². The van der Waals surface area contributed by atoms with E-state index in [2.05, 4.69) is 34.6 Å². The predicted octanol–water partition coefficient (Wildman–Crippen LogP) is 13.0. The minimum Gasteiger partial charge on any atom is -0.462 e. The van der Waals surface area contributed by atoms with Crippen LogP contribution in [0.3, 0.4) is 0 Å². The summed E-state index contributed by atoms with van der Waals surface area (Å²) in [4.78, 5) is 37.5. The van der Waals surface area contributed by atoms with Crippen molar-refractivity contribution in [3.63, 3.8) is 0 Å². The van der Waals surface area contributed by atoms with Crippen molar-refractivity contribution in [1.82, 2.24) is 0 Å². The molecule has 0 aromatic heterocycles. The molecule has 0 bridgehead atoms. The number of hydrogen-bond acceptors (Lipinski definition) is 6. The van der Waals surface area contributed by atoms with Crippen LogP contribution in [0.15, 0.2) is 0 Å². The molecule has 6 heteroatoms. The quantitative estimate of drug-likeness (QED) is 0.0366. The van der Waals surface area contributed by atoms with Crippen molar-refractivity contribution in [1.29, 1.82) is 0 Å². The highest BCUT2D eigenvalue weighted by atomic mass is 16.6. The lowest BCUT2D eigenvalue weighted by molar-refractivity contribution is -0.167. The number of carbonyl (C=O) groups excluding carboxylic acids is 3. The van der Waals surface area contributed by atoms with Crippen molar-refractivity contribution in [2.75, 3.05) is 13.2 Å². The lowest BCUT2D eigenvalue weighted by Gasteiger charge is -2.18. The molecule has 0 aliphatic heterocycles. The van der Waals surface area contributed by atoms with Crippen LogP contribution >= 0.6 is 0 Å². The van der Waals surface area contributed by atoms with Crippen molar-refractivity contribution in [2.45, 2.75) is 233 Å². The van der Waals surface area contributed by atoms with Crippen molar-refractivity contribution in [3.05, 3.63) is 0 Å². The molecule has 0 amide bonds. The molecule has 0 aromatic carbocycles. The monoisotopic (exact) mass is 695 g/mol. The summed E-state index contributed by atoms with van der Waals surface area (Å²) >= 11 is 0. The summed E-state index contributed by atoms with van der Waals surface area (Å²) in [5.74, 6) is 0.720. The third kappa shape index (κ3) is 37.5. The van der Waals surface area contributed by atoms with Gasteiger partial charge < -0.3 is 14.2 Å². The van der Waals surface area contributed by atoms with Crippen LogP contribution in [-0.2, 0) is 28.6 Å². The third-order valence-electron chi connectivity index (χ3n) is 9.47. The van der Waals surface area contributed by atoms with Gasteiger partial charge in [-0.15, -0.1) is 0 Å². The van der Waals surface area contributed by atoms with E-state index in [1.165, 1.54) is 116 Å². The maximum atomic E-state index is 12.6. The Balaban J connectivity index is 4.35. The number of rotatable bonds is 37. The maximum absolute atomic E-state index is 12.6. The second-order valence-electron chi connectivity index (χ2n) is 15.6. The molecule has 6 nitrogen and oxygen atoms in total. The Labute approximate surface area is 304 Å². The summed E-state index contributed by atoms with van der Waals surface area (Å²) in [7, 11) is 0. The summed E-state index contributed by atoms with van der Waals surface area (Å²) in [6, 6.07) is 0. The normalized spacial score (nSPS) is 12.1. The first-order valence-electron chi connectivity index (χ1n) is 21.2. The van der Waals surface area contributed by atoms with E-state index in [4.69, 9.17) is 14.2 Å². The zero-order chi connectivity index (χ0) is 36.2. The predicted molar refractivity (Wildman–Crippen MR) is 206 cm³/mol. The Kier molecular flexibility index (Phi) is 35.0. The van der Waals surface area contributed by atoms with Crippen LogP contribution in [-0.4, -0.2) is 37.2 Å². The van der Waals surface area contributed by atoms with Crippen LogP contribution in [0.4, 0.5) is 0 Å². The van der Waals surface area contributed by atoms with Crippen molar-refractivity contribution >= 4 is 17.9 Å². The molecule has 0 aliphatic carbocycles. The fourth-order valence-corrected chi connectivity index (χ4v) is 6.22. The van der Waals surface area contributed by atoms with Gasteiger partial charge in [-0.1, -0.05) is 189 Å². The Morgan fingerprint density at radius 3 is 1.00 bits per heavy atom. The van der Waals surface area contributed by atoms with Crippen molar-refractivity contribution in [3.8, 4) is 0 Å². The zero-order valence-electron chi connectivity index (χ0n) is 33.3. The highest BCUT2D eigenvalue weighted by Crippen LogP contribution is 2.16. The minimum absolute atomic E-state index is 0.0662. The number of hydrogen-bond donors (Lipinski definition) is 0. The van der Waals surface area contributed by atoms with Gasteiger partial charge in [0.2, 0.25) is 0 Å². The molecule has 0 N–H and O–H groups in total. The molecule has 0 unspecified atom stereocenters. The molecule has 0 spiro atoms. The van der Waals surface area contributed by atoms with Crippen LogP contribution in [0.5, 0.6) is 0 Å². The van der Waals surface area contributed by atoms with Crippen LogP contribution < -0.4 is 0 Å². The molecule has 290 valence electrons. The highest BCUT2D eigenvalue weighted by Gasteiger charge is 2.19. The highest BCUT2D eigenvalue weighted by molar-refractivity contribution is 5.71. The largest absolute Gasteiger partial charge is 0.462 e. The molecule has 1 atom stereocenters. The summed E-state index contributed by atoms with van der Waals surface area (Å²) in [5.41, 5.74) is 0. The van der Waals surface area contributed by atoms with Crippen molar-refractivity contribution < 1.29 is 28.6 Å². The van der Waals surface area contributed by atoms with E-state index in [1.807, 2.05) is 0 Å². The fraction of sp³-hybridized carbons (Fsp3) is 0.930. The van der Waals surface area contributed by atoms with E-state index in [0.717, 1.165) is 69.6 Å². The van der Waals surface area contributed by atoms with Gasteiger partial charge in [-0.3, -0.25) is 14.4 Å². The summed E-state index contributed by atoms with van der Waals surface area (Å²) in [6.07, 6.45) is 32.4. The first-order valence-corrected chi connectivity index (χ1v) is 21.2. The van der Waals surface area contributed by atoms with Gasteiger partial charge in [-0.25, -0.2) is 0 Å². The van der Waals surface area contributed by atoms with E-state index in [9.17, 15) is 14.4 Å². The maximum Gasteiger partial charge on any atom is 0.306 e. The molecule has 0 fully saturated rings. The SMILES string of the molecule is CCCCCCCCCCCC(=O)OC[C@@H](COC(=O)CCCCCCCCCC(C)C)OC(=O)CCCCCCCCCCCC(C)C. The summed E-state index contributed by atoms with van der Waals surface area (Å²) in [5, 5.41) is 0. The van der Waals surface area contributed by atoms with Gasteiger partial charge in [-0.05, 0) is 31.1 Å². The molecule has 0 rings (SSSR count). The minimum atomic E-state index is -0.759. The number of esters is 3. The first kappa shape index (κ1) is 47.4. The van der Waals surface area contributed by atoms with E-state index in [-0.39, 0.29) is 31.1 Å². The van der Waals surface area contributed by atoms with Gasteiger partial charge in [0, 0.05) is 19.3 Å². The van der Waals surface area contributed by atoms with Gasteiger partial charge in [0.05, 0.1) is 0 Å². The van der Waals surface area contributed by atoms with Crippen LogP contribution in [0.25, 0.3) is 0 Å². The average molecular weight is 695 g/mol. The second kappa shape index (κ2) is 36.2. The van der Waals surface area contributed by atoms with Crippen LogP contribution in [0.1, 0.15) is 227 Å². The van der Waals surface area contributed by atoms with Gasteiger partial charge in [-0.2, -0.15) is 0 Å². The summed E-state index contributed by atoms with van der Waals surface area (Å²) < 4.78 is 16.6. The van der Waals surface area contributed by atoms with Gasteiger partial charge in [0.15, 0.2) is 6.10 Å². The van der Waals surface area contributed by atoms with Gasteiger partial charge in [0.1, 0.15) is 13.2 Å². The molecule has 0 aliphatic rings. The second-order valence-corrected chi connectivity index (χ2v) is 15.6. The van der Waals surface area contributed by atoms with E-state index >= 15 is 0 Å². The smallest absolute Gasteiger partial charge is 0.306 e. The van der Waals surface area contributed by atoms with Gasteiger partial charge in [0.25, 0.3) is 0 Å². The molecule has 0 heterocycles. The topological polar surface area (TPSA) is 78.9 Å². The average Bonchev–Trinajstić information content (AvgIpc) is 3.06. The summed E-state index contributed by atoms with van der Waals surface area (Å²) in [6.45, 7) is 11.2. The Hall–Kier alpha value is -1.59. The Morgan fingerprint density at radius 1 is 0.388 bits per heavy atom. The van der Waals surface area contributed by atoms with E-state index < -0.39 is 6.10 Å². The molecular formula is C43H82O6. The third-order valence-corrected chi connectivity index (χ3v) is 9.47. The first-order chi connectivity index (χ1) is 23.7. The van der Waals surface area contributed by atoms with E-state index in [0.29, 0.717) is 19.3 Å².